The third kappa shape index (κ3) is 4.66. The first kappa shape index (κ1) is 21.4. The maximum Gasteiger partial charge on any atom is 0.344 e. The number of nitrogens with zero attached hydrogens (tertiary/aromatic N) is 2. The molecule has 1 aromatic carbocycles. The number of carbonyl (C=O) groups is 4. The first-order chi connectivity index (χ1) is 13.2. The van der Waals surface area contributed by atoms with E-state index in [0.717, 1.165) is 0 Å². The van der Waals surface area contributed by atoms with E-state index in [0.29, 0.717) is 17.0 Å². The van der Waals surface area contributed by atoms with Crippen LogP contribution in [0.2, 0.25) is 0 Å². The summed E-state index contributed by atoms with van der Waals surface area (Å²) in [7, 11) is 1.60. The Balaban J connectivity index is 2.02. The highest BCUT2D eigenvalue weighted by Crippen LogP contribution is 2.31. The van der Waals surface area contributed by atoms with Crippen LogP contribution in [0.15, 0.2) is 30.3 Å². The molecule has 5 amide bonds. The number of nitrogens with one attached hydrogen (secondary N) is 3. The molecule has 1 heterocycles. The number of carbonyl (C=O) groups excluding carboxylic acids is 4. The molecular formula is C19H27N5O4. The second kappa shape index (κ2) is 8.83. The molecule has 1 unspecified atom stereocenters. The minimum atomic E-state index is -1.21. The van der Waals surface area contributed by atoms with Crippen molar-refractivity contribution in [1.29, 1.82) is 0 Å². The summed E-state index contributed by atoms with van der Waals surface area (Å²) >= 11 is 0. The van der Waals surface area contributed by atoms with Gasteiger partial charge in [-0.3, -0.25) is 24.7 Å². The summed E-state index contributed by atoms with van der Waals surface area (Å²) in [5.74, 6) is -1.32. The van der Waals surface area contributed by atoms with Crippen molar-refractivity contribution in [2.45, 2.75) is 38.8 Å². The normalized spacial score (nSPS) is 19.1. The minimum absolute atomic E-state index is 0.000738. The molecule has 1 aromatic rings. The highest BCUT2D eigenvalue weighted by molar-refractivity contribution is 6.08. The van der Waals surface area contributed by atoms with E-state index in [1.165, 1.54) is 4.90 Å². The quantitative estimate of drug-likeness (QED) is 0.555. The molecule has 9 nitrogen and oxygen atoms in total. The molecule has 1 aliphatic heterocycles. The van der Waals surface area contributed by atoms with Crippen molar-refractivity contribution < 1.29 is 19.2 Å². The highest BCUT2D eigenvalue weighted by atomic mass is 16.2. The van der Waals surface area contributed by atoms with Gasteiger partial charge in [0.2, 0.25) is 5.91 Å². The van der Waals surface area contributed by atoms with E-state index >= 15 is 0 Å². The molecule has 0 aliphatic carbocycles. The van der Waals surface area contributed by atoms with E-state index in [9.17, 15) is 19.2 Å². The van der Waals surface area contributed by atoms with Crippen LogP contribution in [0.25, 0.3) is 0 Å². The Morgan fingerprint density at radius 1 is 1.14 bits per heavy atom. The van der Waals surface area contributed by atoms with E-state index < -0.39 is 23.4 Å². The third-order valence-corrected chi connectivity index (χ3v) is 4.40. The zero-order chi connectivity index (χ0) is 20.9. The van der Waals surface area contributed by atoms with Crippen LogP contribution in [0, 0.1) is 0 Å². The van der Waals surface area contributed by atoms with Gasteiger partial charge in [-0.25, -0.2) is 4.79 Å². The summed E-state index contributed by atoms with van der Waals surface area (Å²) in [5.41, 5.74) is 1.78. The molecule has 1 fully saturated rings. The average Bonchev–Trinajstić information content (AvgIpc) is 2.86. The van der Waals surface area contributed by atoms with Gasteiger partial charge >= 0.3 is 6.03 Å². The molecule has 1 aliphatic rings. The standard InChI is InChI=1S/C19H27N5O4/c1-5-19(14-9-7-6-8-10-14)17(27)24(18(28)21-19)22-16(26)12-23(4)11-15(25)20-13(2)3/h6-10,13H,5,11-12H2,1-4H3,(H,20,25)(H,21,28)(H,22,26). The molecule has 0 aromatic heterocycles. The number of hydrogen-bond donors (Lipinski definition) is 3. The predicted molar refractivity (Wildman–Crippen MR) is 103 cm³/mol. The molecule has 0 saturated carbocycles. The van der Waals surface area contributed by atoms with Crippen LogP contribution >= 0.6 is 0 Å². The lowest BCUT2D eigenvalue weighted by Gasteiger charge is -2.25. The van der Waals surface area contributed by atoms with Crippen LogP contribution in [0.1, 0.15) is 32.8 Å². The van der Waals surface area contributed by atoms with Gasteiger partial charge in [0.05, 0.1) is 13.1 Å². The van der Waals surface area contributed by atoms with Crippen molar-refractivity contribution in [3.63, 3.8) is 0 Å². The Labute approximate surface area is 164 Å². The molecule has 3 N–H and O–H groups in total. The van der Waals surface area contributed by atoms with Crippen LogP contribution in [0.5, 0.6) is 0 Å². The number of rotatable bonds is 8. The van der Waals surface area contributed by atoms with Gasteiger partial charge in [-0.05, 0) is 32.9 Å². The third-order valence-electron chi connectivity index (χ3n) is 4.40. The molecule has 0 bridgehead atoms. The Kier molecular flexibility index (Phi) is 6.74. The lowest BCUT2D eigenvalue weighted by molar-refractivity contribution is -0.140. The van der Waals surface area contributed by atoms with Crippen LogP contribution in [-0.2, 0) is 19.9 Å². The van der Waals surface area contributed by atoms with Crippen LogP contribution < -0.4 is 16.1 Å². The number of hydrazine groups is 1. The lowest BCUT2D eigenvalue weighted by Crippen LogP contribution is -2.51. The van der Waals surface area contributed by atoms with Gasteiger partial charge in [0, 0.05) is 6.04 Å². The van der Waals surface area contributed by atoms with Crippen LogP contribution in [-0.4, -0.2) is 59.8 Å². The van der Waals surface area contributed by atoms with Crippen molar-refractivity contribution in [3.05, 3.63) is 35.9 Å². The summed E-state index contributed by atoms with van der Waals surface area (Å²) in [6.45, 7) is 5.35. The predicted octanol–water partition coefficient (Wildman–Crippen LogP) is 0.331. The largest absolute Gasteiger partial charge is 0.353 e. The maximum absolute atomic E-state index is 12.9. The number of urea groups is 1. The van der Waals surface area contributed by atoms with Gasteiger partial charge in [0.25, 0.3) is 11.8 Å². The van der Waals surface area contributed by atoms with Gasteiger partial charge in [0.15, 0.2) is 0 Å². The number of likely N-dealkylation sites (N-methyl/N-ethyl adjacent to an activating group) is 1. The highest BCUT2D eigenvalue weighted by Gasteiger charge is 2.52. The summed E-state index contributed by atoms with van der Waals surface area (Å²) < 4.78 is 0. The molecule has 1 atom stereocenters. The Morgan fingerprint density at radius 2 is 1.75 bits per heavy atom. The fourth-order valence-corrected chi connectivity index (χ4v) is 3.11. The molecule has 0 spiro atoms. The molecule has 9 heteroatoms. The number of hydrogen-bond acceptors (Lipinski definition) is 5. The Hall–Kier alpha value is -2.94. The smallest absolute Gasteiger partial charge is 0.344 e. The number of imide groups is 1. The minimum Gasteiger partial charge on any atom is -0.353 e. The molecule has 2 rings (SSSR count). The molecule has 1 saturated heterocycles. The SMILES string of the molecule is CCC1(c2ccccc2)NC(=O)N(NC(=O)CN(C)CC(=O)NC(C)C)C1=O. The Bertz CT molecular complexity index is 752. The second-order valence-corrected chi connectivity index (χ2v) is 7.13. The molecular weight excluding hydrogens is 362 g/mol. The zero-order valence-electron chi connectivity index (χ0n) is 16.6. The zero-order valence-corrected chi connectivity index (χ0v) is 16.6. The summed E-state index contributed by atoms with van der Waals surface area (Å²) in [6, 6.07) is 8.21. The van der Waals surface area contributed by atoms with Gasteiger partial charge < -0.3 is 10.6 Å². The fourth-order valence-electron chi connectivity index (χ4n) is 3.11. The Morgan fingerprint density at radius 3 is 2.32 bits per heavy atom. The maximum atomic E-state index is 12.9. The average molecular weight is 389 g/mol. The van der Waals surface area contributed by atoms with Gasteiger partial charge in [-0.1, -0.05) is 37.3 Å². The number of amides is 5. The van der Waals surface area contributed by atoms with Gasteiger partial charge in [-0.2, -0.15) is 5.01 Å². The van der Waals surface area contributed by atoms with Crippen molar-refractivity contribution >= 4 is 23.8 Å². The molecule has 0 radical (unpaired) electrons. The van der Waals surface area contributed by atoms with Crippen molar-refractivity contribution in [2.24, 2.45) is 0 Å². The van der Waals surface area contributed by atoms with E-state index in [2.05, 4.69) is 16.1 Å². The first-order valence-corrected chi connectivity index (χ1v) is 9.19. The summed E-state index contributed by atoms with van der Waals surface area (Å²) in [4.78, 5) is 50.8. The van der Waals surface area contributed by atoms with Gasteiger partial charge in [-0.15, -0.1) is 0 Å². The van der Waals surface area contributed by atoms with Crippen LogP contribution in [0.4, 0.5) is 4.79 Å². The van der Waals surface area contributed by atoms with Crippen LogP contribution in [0.3, 0.4) is 0 Å². The van der Waals surface area contributed by atoms with E-state index in [-0.39, 0.29) is 25.0 Å². The second-order valence-electron chi connectivity index (χ2n) is 7.13. The fraction of sp³-hybridized carbons (Fsp3) is 0.474. The van der Waals surface area contributed by atoms with Gasteiger partial charge in [0.1, 0.15) is 5.54 Å². The molecule has 28 heavy (non-hydrogen) atoms. The van der Waals surface area contributed by atoms with Crippen molar-refractivity contribution in [1.82, 2.24) is 26.0 Å². The lowest BCUT2D eigenvalue weighted by atomic mass is 9.87. The first-order valence-electron chi connectivity index (χ1n) is 9.19. The summed E-state index contributed by atoms with van der Waals surface area (Å²) in [6.07, 6.45) is 0.337. The van der Waals surface area contributed by atoms with E-state index in [4.69, 9.17) is 0 Å². The van der Waals surface area contributed by atoms with E-state index in [1.54, 1.807) is 38.2 Å². The topological polar surface area (TPSA) is 111 Å². The van der Waals surface area contributed by atoms with E-state index in [1.807, 2.05) is 19.9 Å². The summed E-state index contributed by atoms with van der Waals surface area (Å²) in [5, 5.41) is 6.13. The van der Waals surface area contributed by atoms with Crippen molar-refractivity contribution in [3.8, 4) is 0 Å². The molecule has 152 valence electrons. The number of benzene rings is 1. The monoisotopic (exact) mass is 389 g/mol. The van der Waals surface area contributed by atoms with Crippen molar-refractivity contribution in [2.75, 3.05) is 20.1 Å².